The highest BCUT2D eigenvalue weighted by molar-refractivity contribution is 7.81. The average molecular weight is 364 g/mol. The third kappa shape index (κ3) is 5.32. The molecule has 0 spiro atoms. The zero-order valence-electron chi connectivity index (χ0n) is 13.1. The summed E-state index contributed by atoms with van der Waals surface area (Å²) in [7, 11) is 1.60. The van der Waals surface area contributed by atoms with Crippen LogP contribution in [0.1, 0.15) is 5.56 Å². The SMILES string of the molecule is COc1ccc(NC(=S)NNC(=S)Nc2ccc(C)c(F)c2)cc1. The fraction of sp³-hybridized carbons (Fsp3) is 0.125. The number of hydrogen-bond donors (Lipinski definition) is 4. The molecule has 2 aromatic rings. The molecule has 0 fully saturated rings. The number of anilines is 2. The molecule has 0 aliphatic carbocycles. The molecule has 0 aliphatic heterocycles. The molecule has 0 atom stereocenters. The van der Waals surface area contributed by atoms with E-state index in [0.717, 1.165) is 11.4 Å². The Hall–Kier alpha value is -2.45. The summed E-state index contributed by atoms with van der Waals surface area (Å²) in [5.41, 5.74) is 7.39. The zero-order valence-corrected chi connectivity index (χ0v) is 14.8. The van der Waals surface area contributed by atoms with Gasteiger partial charge in [0, 0.05) is 11.4 Å². The van der Waals surface area contributed by atoms with Gasteiger partial charge in [0.25, 0.3) is 0 Å². The first-order valence-electron chi connectivity index (χ1n) is 7.02. The van der Waals surface area contributed by atoms with Crippen LogP contribution in [0, 0.1) is 12.7 Å². The number of rotatable bonds is 3. The molecule has 0 saturated carbocycles. The fourth-order valence-corrected chi connectivity index (χ4v) is 2.12. The molecule has 8 heteroatoms. The van der Waals surface area contributed by atoms with E-state index in [4.69, 9.17) is 29.2 Å². The van der Waals surface area contributed by atoms with Crippen molar-refractivity contribution in [3.05, 3.63) is 53.8 Å². The van der Waals surface area contributed by atoms with Crippen molar-refractivity contribution in [1.29, 1.82) is 0 Å². The summed E-state index contributed by atoms with van der Waals surface area (Å²) >= 11 is 10.3. The number of halogens is 1. The van der Waals surface area contributed by atoms with E-state index in [-0.39, 0.29) is 10.9 Å². The number of nitrogens with one attached hydrogen (secondary N) is 4. The summed E-state index contributed by atoms with van der Waals surface area (Å²) in [5.74, 6) is 0.459. The lowest BCUT2D eigenvalue weighted by Crippen LogP contribution is -2.45. The Bertz CT molecular complexity index is 737. The summed E-state index contributed by atoms with van der Waals surface area (Å²) in [5, 5.41) is 6.44. The predicted molar refractivity (Wildman–Crippen MR) is 103 cm³/mol. The molecule has 0 aliphatic rings. The molecular formula is C16H17FN4OS2. The number of thiocarbonyl (C=S) groups is 2. The van der Waals surface area contributed by atoms with Gasteiger partial charge in [0.05, 0.1) is 7.11 Å². The first-order chi connectivity index (χ1) is 11.5. The van der Waals surface area contributed by atoms with E-state index in [1.165, 1.54) is 6.07 Å². The van der Waals surface area contributed by atoms with E-state index >= 15 is 0 Å². The maximum atomic E-state index is 13.5. The van der Waals surface area contributed by atoms with Crippen molar-refractivity contribution in [2.24, 2.45) is 0 Å². The zero-order chi connectivity index (χ0) is 17.5. The van der Waals surface area contributed by atoms with Gasteiger partial charge in [0.1, 0.15) is 11.6 Å². The van der Waals surface area contributed by atoms with E-state index in [1.54, 1.807) is 26.2 Å². The molecule has 126 valence electrons. The van der Waals surface area contributed by atoms with Crippen LogP contribution in [0.5, 0.6) is 5.75 Å². The fourth-order valence-electron chi connectivity index (χ4n) is 1.78. The van der Waals surface area contributed by atoms with Gasteiger partial charge in [-0.1, -0.05) is 6.07 Å². The van der Waals surface area contributed by atoms with Crippen LogP contribution in [0.4, 0.5) is 15.8 Å². The van der Waals surface area contributed by atoms with E-state index in [9.17, 15) is 4.39 Å². The Kier molecular flexibility index (Phi) is 6.28. The number of methoxy groups -OCH3 is 1. The van der Waals surface area contributed by atoms with Crippen LogP contribution in [-0.2, 0) is 0 Å². The first kappa shape index (κ1) is 17.9. The molecule has 2 aromatic carbocycles. The second kappa shape index (κ2) is 8.42. The van der Waals surface area contributed by atoms with Crippen molar-refractivity contribution in [1.82, 2.24) is 10.9 Å². The lowest BCUT2D eigenvalue weighted by molar-refractivity contribution is 0.415. The molecule has 0 unspecified atom stereocenters. The van der Waals surface area contributed by atoms with E-state index in [2.05, 4.69) is 21.5 Å². The smallest absolute Gasteiger partial charge is 0.189 e. The highest BCUT2D eigenvalue weighted by Gasteiger charge is 2.03. The van der Waals surface area contributed by atoms with Gasteiger partial charge in [0.2, 0.25) is 0 Å². The van der Waals surface area contributed by atoms with Gasteiger partial charge in [-0.2, -0.15) is 0 Å². The van der Waals surface area contributed by atoms with Crippen LogP contribution >= 0.6 is 24.4 Å². The van der Waals surface area contributed by atoms with Crippen molar-refractivity contribution in [3.8, 4) is 5.75 Å². The van der Waals surface area contributed by atoms with Gasteiger partial charge in [-0.05, 0) is 73.3 Å². The van der Waals surface area contributed by atoms with Crippen LogP contribution in [0.3, 0.4) is 0 Å². The number of hydrazine groups is 1. The number of aryl methyl sites for hydroxylation is 1. The quantitative estimate of drug-likeness (QED) is 0.492. The summed E-state index contributed by atoms with van der Waals surface area (Å²) in [6.07, 6.45) is 0. The third-order valence-electron chi connectivity index (χ3n) is 3.07. The summed E-state index contributed by atoms with van der Waals surface area (Å²) in [4.78, 5) is 0. The standard InChI is InChI=1S/C16H17FN4OS2/c1-10-3-4-12(9-14(10)17)19-16(24)21-20-15(23)18-11-5-7-13(22-2)8-6-11/h3-9H,1-2H3,(H2,18,20,23)(H2,19,21,24). The van der Waals surface area contributed by atoms with Crippen molar-refractivity contribution in [3.63, 3.8) is 0 Å². The summed E-state index contributed by atoms with van der Waals surface area (Å²) in [6.45, 7) is 1.69. The first-order valence-corrected chi connectivity index (χ1v) is 7.84. The van der Waals surface area contributed by atoms with Crippen LogP contribution in [0.25, 0.3) is 0 Å². The minimum atomic E-state index is -0.299. The predicted octanol–water partition coefficient (Wildman–Crippen LogP) is 3.33. The second-order valence-electron chi connectivity index (χ2n) is 4.85. The van der Waals surface area contributed by atoms with E-state index in [0.29, 0.717) is 16.4 Å². The molecule has 0 heterocycles. The van der Waals surface area contributed by atoms with Crippen LogP contribution in [0.15, 0.2) is 42.5 Å². The Balaban J connectivity index is 1.79. The topological polar surface area (TPSA) is 57.4 Å². The molecule has 0 aromatic heterocycles. The van der Waals surface area contributed by atoms with Gasteiger partial charge in [-0.15, -0.1) is 0 Å². The van der Waals surface area contributed by atoms with Gasteiger partial charge in [-0.25, -0.2) is 4.39 Å². The van der Waals surface area contributed by atoms with Crippen molar-refractivity contribution < 1.29 is 9.13 Å². The van der Waals surface area contributed by atoms with E-state index in [1.807, 2.05) is 24.3 Å². The maximum absolute atomic E-state index is 13.5. The Morgan fingerprint density at radius 1 is 0.917 bits per heavy atom. The molecule has 5 nitrogen and oxygen atoms in total. The lowest BCUT2D eigenvalue weighted by Gasteiger charge is -2.14. The largest absolute Gasteiger partial charge is 0.497 e. The minimum absolute atomic E-state index is 0.261. The molecular weight excluding hydrogens is 347 g/mol. The molecule has 0 amide bonds. The van der Waals surface area contributed by atoms with Crippen molar-refractivity contribution in [2.75, 3.05) is 17.7 Å². The van der Waals surface area contributed by atoms with Crippen LogP contribution in [0.2, 0.25) is 0 Å². The number of benzene rings is 2. The Labute approximate surface area is 150 Å². The molecule has 4 N–H and O–H groups in total. The second-order valence-corrected chi connectivity index (χ2v) is 5.67. The van der Waals surface area contributed by atoms with E-state index < -0.39 is 0 Å². The molecule has 0 saturated heterocycles. The third-order valence-corrected chi connectivity index (χ3v) is 3.48. The maximum Gasteiger partial charge on any atom is 0.189 e. The Morgan fingerprint density at radius 2 is 1.46 bits per heavy atom. The highest BCUT2D eigenvalue weighted by Crippen LogP contribution is 2.15. The van der Waals surface area contributed by atoms with Crippen LogP contribution in [-0.4, -0.2) is 17.3 Å². The summed E-state index contributed by atoms with van der Waals surface area (Å²) < 4.78 is 18.6. The van der Waals surface area contributed by atoms with Gasteiger partial charge >= 0.3 is 0 Å². The molecule has 2 rings (SSSR count). The van der Waals surface area contributed by atoms with Gasteiger partial charge in [0.15, 0.2) is 10.2 Å². The Morgan fingerprint density at radius 3 is 2.00 bits per heavy atom. The molecule has 24 heavy (non-hydrogen) atoms. The highest BCUT2D eigenvalue weighted by atomic mass is 32.1. The minimum Gasteiger partial charge on any atom is -0.497 e. The van der Waals surface area contributed by atoms with Gasteiger partial charge < -0.3 is 15.4 Å². The lowest BCUT2D eigenvalue weighted by atomic mass is 10.2. The molecule has 0 bridgehead atoms. The number of hydrogen-bond acceptors (Lipinski definition) is 3. The normalized spacial score (nSPS) is 9.79. The van der Waals surface area contributed by atoms with Crippen molar-refractivity contribution >= 4 is 46.0 Å². The number of ether oxygens (including phenoxy) is 1. The van der Waals surface area contributed by atoms with Crippen molar-refractivity contribution in [2.45, 2.75) is 6.92 Å². The average Bonchev–Trinajstić information content (AvgIpc) is 2.57. The molecule has 0 radical (unpaired) electrons. The monoisotopic (exact) mass is 364 g/mol. The van der Waals surface area contributed by atoms with Crippen LogP contribution < -0.4 is 26.2 Å². The summed E-state index contributed by atoms with van der Waals surface area (Å²) in [6, 6.07) is 12.1. The van der Waals surface area contributed by atoms with Gasteiger partial charge in [-0.3, -0.25) is 10.9 Å².